The maximum absolute atomic E-state index is 11.6. The molecule has 3 saturated carbocycles. The van der Waals surface area contributed by atoms with Gasteiger partial charge in [-0.05, 0) is 61.7 Å². The van der Waals surface area contributed by atoms with Gasteiger partial charge in [0.15, 0.2) is 0 Å². The minimum atomic E-state index is -0.468. The van der Waals surface area contributed by atoms with Crippen LogP contribution in [0.4, 0.5) is 0 Å². The Morgan fingerprint density at radius 3 is 2.39 bits per heavy atom. The third kappa shape index (κ3) is 3.01. The summed E-state index contributed by atoms with van der Waals surface area (Å²) in [5.41, 5.74) is 1.31. The minimum Gasteiger partial charge on any atom is -0.462 e. The molecule has 3 fully saturated rings. The molecule has 28 heavy (non-hydrogen) atoms. The summed E-state index contributed by atoms with van der Waals surface area (Å²) in [4.78, 5) is 23.0. The highest BCUT2D eigenvalue weighted by molar-refractivity contribution is 5.66. The van der Waals surface area contributed by atoms with Gasteiger partial charge in [0.05, 0.1) is 6.10 Å². The Hall–Kier alpha value is -1.36. The Bertz CT molecular complexity index is 699. The smallest absolute Gasteiger partial charge is 0.302 e. The van der Waals surface area contributed by atoms with Gasteiger partial charge in [-0.3, -0.25) is 9.59 Å². The second-order valence-electron chi connectivity index (χ2n) is 10.1. The Morgan fingerprint density at radius 2 is 1.71 bits per heavy atom. The predicted octanol–water partition coefficient (Wildman–Crippen LogP) is 3.78. The SMILES string of the molecule is CC(=O)O[C@H]1CC[C@@]2(C)C(=CC(O)C3C2CC[C@@]2(C)C3CC[C@@H]2OC(C)=O)C1. The van der Waals surface area contributed by atoms with E-state index in [2.05, 4.69) is 19.9 Å². The Labute approximate surface area is 167 Å². The molecule has 0 spiro atoms. The van der Waals surface area contributed by atoms with Crippen LogP contribution in [0.1, 0.15) is 72.6 Å². The minimum absolute atomic E-state index is 0.0268. The Kier molecular flexibility index (Phi) is 4.88. The van der Waals surface area contributed by atoms with Gasteiger partial charge < -0.3 is 14.6 Å². The van der Waals surface area contributed by atoms with Gasteiger partial charge in [0.2, 0.25) is 0 Å². The van der Waals surface area contributed by atoms with Gasteiger partial charge in [-0.25, -0.2) is 0 Å². The fourth-order valence-electron chi connectivity index (χ4n) is 7.30. The molecule has 0 aliphatic heterocycles. The van der Waals surface area contributed by atoms with Crippen molar-refractivity contribution in [3.63, 3.8) is 0 Å². The highest BCUT2D eigenvalue weighted by atomic mass is 16.5. The summed E-state index contributed by atoms with van der Waals surface area (Å²) in [7, 11) is 0. The summed E-state index contributed by atoms with van der Waals surface area (Å²) in [5.74, 6) is 0.621. The third-order valence-corrected chi connectivity index (χ3v) is 8.64. The second-order valence-corrected chi connectivity index (χ2v) is 10.1. The fraction of sp³-hybridized carbons (Fsp3) is 0.826. The van der Waals surface area contributed by atoms with Gasteiger partial charge in [0, 0.05) is 25.7 Å². The molecule has 5 heteroatoms. The molecule has 8 atom stereocenters. The lowest BCUT2D eigenvalue weighted by Crippen LogP contribution is -2.55. The van der Waals surface area contributed by atoms with Gasteiger partial charge in [-0.2, -0.15) is 0 Å². The van der Waals surface area contributed by atoms with E-state index < -0.39 is 6.10 Å². The zero-order valence-corrected chi connectivity index (χ0v) is 17.6. The number of aliphatic hydroxyl groups is 1. The summed E-state index contributed by atoms with van der Waals surface area (Å²) >= 11 is 0. The molecule has 0 amide bonds. The van der Waals surface area contributed by atoms with Crippen LogP contribution < -0.4 is 0 Å². The summed E-state index contributed by atoms with van der Waals surface area (Å²) in [6.07, 6.45) is 8.17. The quantitative estimate of drug-likeness (QED) is 0.574. The van der Waals surface area contributed by atoms with Crippen molar-refractivity contribution >= 4 is 11.9 Å². The maximum atomic E-state index is 11.6. The number of rotatable bonds is 2. The molecule has 1 N–H and O–H groups in total. The van der Waals surface area contributed by atoms with Crippen LogP contribution in [0.5, 0.6) is 0 Å². The number of carbonyl (C=O) groups is 2. The normalized spacial score (nSPS) is 47.2. The van der Waals surface area contributed by atoms with Crippen LogP contribution in [0.3, 0.4) is 0 Å². The van der Waals surface area contributed by atoms with E-state index in [4.69, 9.17) is 9.47 Å². The van der Waals surface area contributed by atoms with Crippen molar-refractivity contribution in [1.82, 2.24) is 0 Å². The number of esters is 2. The van der Waals surface area contributed by atoms with Crippen molar-refractivity contribution in [3.05, 3.63) is 11.6 Å². The van der Waals surface area contributed by atoms with Gasteiger partial charge in [0.25, 0.3) is 0 Å². The first-order chi connectivity index (χ1) is 13.1. The summed E-state index contributed by atoms with van der Waals surface area (Å²) in [5, 5.41) is 11.2. The van der Waals surface area contributed by atoms with Crippen LogP contribution >= 0.6 is 0 Å². The highest BCUT2D eigenvalue weighted by Gasteiger charge is 2.61. The summed E-state index contributed by atoms with van der Waals surface area (Å²) in [6, 6.07) is 0. The van der Waals surface area contributed by atoms with E-state index in [-0.39, 0.29) is 40.9 Å². The molecule has 0 bridgehead atoms. The summed E-state index contributed by atoms with van der Waals surface area (Å²) < 4.78 is 11.2. The lowest BCUT2D eigenvalue weighted by atomic mass is 9.47. The second kappa shape index (κ2) is 6.86. The van der Waals surface area contributed by atoms with E-state index in [9.17, 15) is 14.7 Å². The van der Waals surface area contributed by atoms with Gasteiger partial charge in [-0.1, -0.05) is 25.5 Å². The van der Waals surface area contributed by atoms with Crippen LogP contribution in [-0.4, -0.2) is 35.4 Å². The van der Waals surface area contributed by atoms with Crippen LogP contribution in [0, 0.1) is 28.6 Å². The first-order valence-electron chi connectivity index (χ1n) is 10.9. The van der Waals surface area contributed by atoms with Crippen LogP contribution in [0.2, 0.25) is 0 Å². The van der Waals surface area contributed by atoms with Crippen molar-refractivity contribution in [3.8, 4) is 0 Å². The largest absolute Gasteiger partial charge is 0.462 e. The molecule has 0 radical (unpaired) electrons. The molecule has 4 rings (SSSR count). The van der Waals surface area contributed by atoms with Gasteiger partial charge in [-0.15, -0.1) is 0 Å². The molecule has 5 nitrogen and oxygen atoms in total. The van der Waals surface area contributed by atoms with Crippen molar-refractivity contribution in [2.45, 2.75) is 91.0 Å². The number of carbonyl (C=O) groups excluding carboxylic acids is 2. The van der Waals surface area contributed by atoms with Crippen molar-refractivity contribution in [2.24, 2.45) is 28.6 Å². The molecule has 4 aliphatic carbocycles. The maximum Gasteiger partial charge on any atom is 0.302 e. The van der Waals surface area contributed by atoms with Crippen LogP contribution in [-0.2, 0) is 19.1 Å². The first-order valence-corrected chi connectivity index (χ1v) is 10.9. The molecule has 0 saturated heterocycles. The molecule has 0 aromatic heterocycles. The molecule has 0 aromatic carbocycles. The average molecular weight is 391 g/mol. The molecular formula is C23H34O5. The van der Waals surface area contributed by atoms with E-state index in [1.807, 2.05) is 0 Å². The molecule has 4 aliphatic rings. The monoisotopic (exact) mass is 390 g/mol. The number of ether oxygens (including phenoxy) is 2. The molecular weight excluding hydrogens is 356 g/mol. The zero-order valence-electron chi connectivity index (χ0n) is 17.6. The van der Waals surface area contributed by atoms with Gasteiger partial charge >= 0.3 is 11.9 Å². The van der Waals surface area contributed by atoms with E-state index in [1.165, 1.54) is 19.4 Å². The van der Waals surface area contributed by atoms with Crippen LogP contribution in [0.15, 0.2) is 11.6 Å². The zero-order chi connectivity index (χ0) is 20.3. The lowest BCUT2D eigenvalue weighted by Gasteiger charge is -2.58. The van der Waals surface area contributed by atoms with Gasteiger partial charge in [0.1, 0.15) is 12.2 Å². The fourth-order valence-corrected chi connectivity index (χ4v) is 7.30. The Morgan fingerprint density at radius 1 is 1.00 bits per heavy atom. The average Bonchev–Trinajstić information content (AvgIpc) is 2.92. The van der Waals surface area contributed by atoms with Crippen molar-refractivity contribution in [1.29, 1.82) is 0 Å². The number of fused-ring (bicyclic) bond motifs is 5. The lowest BCUT2D eigenvalue weighted by molar-refractivity contribution is -0.159. The third-order valence-electron chi connectivity index (χ3n) is 8.64. The number of hydrogen-bond acceptors (Lipinski definition) is 5. The first kappa shape index (κ1) is 19.9. The molecule has 4 unspecified atom stereocenters. The topological polar surface area (TPSA) is 72.8 Å². The van der Waals surface area contributed by atoms with Crippen molar-refractivity contribution in [2.75, 3.05) is 0 Å². The molecule has 0 heterocycles. The van der Waals surface area contributed by atoms with E-state index >= 15 is 0 Å². The van der Waals surface area contributed by atoms with E-state index in [1.54, 1.807) is 0 Å². The summed E-state index contributed by atoms with van der Waals surface area (Å²) in [6.45, 7) is 7.58. The van der Waals surface area contributed by atoms with E-state index in [0.29, 0.717) is 11.8 Å². The number of hydrogen-bond donors (Lipinski definition) is 1. The standard InChI is InChI=1S/C23H34O5/c1-13(24)27-16-7-9-22(3)15(11-16)12-19(26)21-17-5-6-20(28-14(2)25)23(17,4)10-8-18(21)22/h12,16-21,26H,5-11H2,1-4H3/t16-,17?,18?,19?,20-,21?,22-,23-/m0/s1. The van der Waals surface area contributed by atoms with Crippen LogP contribution in [0.25, 0.3) is 0 Å². The molecule has 156 valence electrons. The van der Waals surface area contributed by atoms with E-state index in [0.717, 1.165) is 44.9 Å². The number of aliphatic hydroxyl groups excluding tert-OH is 1. The van der Waals surface area contributed by atoms with Crippen molar-refractivity contribution < 1.29 is 24.2 Å². The molecule has 0 aromatic rings. The Balaban J connectivity index is 1.61. The predicted molar refractivity (Wildman–Crippen MR) is 104 cm³/mol. The highest BCUT2D eigenvalue weighted by Crippen LogP contribution is 2.65.